The molecule has 1 aliphatic rings. The molecule has 0 saturated carbocycles. The molecule has 0 amide bonds. The smallest absolute Gasteiger partial charge is 0.0159 e. The van der Waals surface area contributed by atoms with E-state index in [0.717, 1.165) is 0 Å². The predicted octanol–water partition coefficient (Wildman–Crippen LogP) is 16.4. The van der Waals surface area contributed by atoms with E-state index >= 15 is 0 Å². The van der Waals surface area contributed by atoms with Gasteiger partial charge in [0, 0.05) is 5.41 Å². The minimum atomic E-state index is -0.208. The summed E-state index contributed by atoms with van der Waals surface area (Å²) in [6, 6.07) is 77.2. The summed E-state index contributed by atoms with van der Waals surface area (Å²) in [5.74, 6) is 0. The third-order valence-corrected chi connectivity index (χ3v) is 13.2. The first-order valence-corrected chi connectivity index (χ1v) is 20.7. The number of hydrogen-bond donors (Lipinski definition) is 0. The highest BCUT2D eigenvalue weighted by Gasteiger charge is 2.37. The van der Waals surface area contributed by atoms with Crippen molar-refractivity contribution < 1.29 is 0 Å². The molecule has 0 radical (unpaired) electrons. The van der Waals surface area contributed by atoms with Crippen LogP contribution in [0.2, 0.25) is 0 Å². The van der Waals surface area contributed by atoms with Crippen molar-refractivity contribution in [1.29, 1.82) is 0 Å². The van der Waals surface area contributed by atoms with Crippen molar-refractivity contribution in [2.75, 3.05) is 0 Å². The molecule has 0 saturated heterocycles. The van der Waals surface area contributed by atoms with Crippen LogP contribution in [0.4, 0.5) is 0 Å². The number of benzene rings is 11. The van der Waals surface area contributed by atoms with Crippen molar-refractivity contribution in [2.24, 2.45) is 0 Å². The maximum Gasteiger partial charge on any atom is 0.0159 e. The van der Waals surface area contributed by atoms with Gasteiger partial charge in [-0.25, -0.2) is 0 Å². The van der Waals surface area contributed by atoms with Crippen LogP contribution < -0.4 is 0 Å². The van der Waals surface area contributed by atoms with Crippen LogP contribution in [0.3, 0.4) is 0 Å². The van der Waals surface area contributed by atoms with Crippen molar-refractivity contribution in [3.63, 3.8) is 0 Å². The highest BCUT2D eigenvalue weighted by molar-refractivity contribution is 6.23. The Morgan fingerprint density at radius 2 is 0.661 bits per heavy atom. The van der Waals surface area contributed by atoms with Gasteiger partial charge in [-0.1, -0.05) is 178 Å². The van der Waals surface area contributed by atoms with Gasteiger partial charge in [-0.2, -0.15) is 0 Å². The van der Waals surface area contributed by atoms with Crippen LogP contribution in [0, 0.1) is 0 Å². The molecule has 0 aliphatic heterocycles. The van der Waals surface area contributed by atoms with E-state index in [4.69, 9.17) is 0 Å². The third kappa shape index (κ3) is 5.30. The van der Waals surface area contributed by atoms with E-state index in [2.05, 4.69) is 220 Å². The Balaban J connectivity index is 1.08. The highest BCUT2D eigenvalue weighted by Crippen LogP contribution is 2.54. The van der Waals surface area contributed by atoms with Crippen LogP contribution in [0.25, 0.3) is 109 Å². The molecule has 11 aromatic carbocycles. The van der Waals surface area contributed by atoms with E-state index in [0.29, 0.717) is 0 Å². The summed E-state index contributed by atoms with van der Waals surface area (Å²) in [5, 5.41) is 12.7. The van der Waals surface area contributed by atoms with Crippen molar-refractivity contribution in [3.8, 4) is 55.6 Å². The molecule has 0 aromatic heterocycles. The lowest BCUT2D eigenvalue weighted by molar-refractivity contribution is 0.661. The van der Waals surface area contributed by atoms with Crippen molar-refractivity contribution in [2.45, 2.75) is 19.3 Å². The summed E-state index contributed by atoms with van der Waals surface area (Å²) in [4.78, 5) is 0. The summed E-state index contributed by atoms with van der Waals surface area (Å²) in [7, 11) is 0. The van der Waals surface area contributed by atoms with Crippen molar-refractivity contribution >= 4 is 53.9 Å². The van der Waals surface area contributed by atoms with Gasteiger partial charge in [0.2, 0.25) is 0 Å². The Morgan fingerprint density at radius 3 is 1.22 bits per heavy atom. The van der Waals surface area contributed by atoms with Crippen LogP contribution in [0.5, 0.6) is 0 Å². The molecule has 276 valence electrons. The fourth-order valence-corrected chi connectivity index (χ4v) is 10.1. The maximum absolute atomic E-state index is 2.55. The molecule has 11 aromatic rings. The van der Waals surface area contributed by atoms with E-state index in [-0.39, 0.29) is 5.41 Å². The fraction of sp³-hybridized carbons (Fsp3) is 0.0508. The summed E-state index contributed by atoms with van der Waals surface area (Å²) < 4.78 is 0. The van der Waals surface area contributed by atoms with Gasteiger partial charge >= 0.3 is 0 Å². The lowest BCUT2D eigenvalue weighted by atomic mass is 9.79. The first-order chi connectivity index (χ1) is 29.0. The monoisotopic (exact) mass is 748 g/mol. The van der Waals surface area contributed by atoms with Crippen LogP contribution in [0.1, 0.15) is 25.0 Å². The normalized spacial score (nSPS) is 13.1. The summed E-state index contributed by atoms with van der Waals surface area (Å²) in [5.41, 5.74) is 15.2. The molecule has 0 unspecified atom stereocenters. The average Bonchev–Trinajstić information content (AvgIpc) is 3.51. The standard InChI is InChI=1S/C59H40/c1-59(2)55-34-46(44-19-11-18-43(31-44)45-25-22-37-12-3-6-15-40(37)30-45)28-29-49(55)52-35-53-54(36-56(52)59)58(48-27-24-39-14-5-8-17-42(39)33-48)51-21-10-9-20-50(51)57(53)47-26-23-38-13-4-7-16-41(38)32-47/h3-36H,1-2H3. The summed E-state index contributed by atoms with van der Waals surface area (Å²) in [6.45, 7) is 4.83. The highest BCUT2D eigenvalue weighted by atomic mass is 14.4. The van der Waals surface area contributed by atoms with Crippen molar-refractivity contribution in [1.82, 2.24) is 0 Å². The van der Waals surface area contributed by atoms with Crippen LogP contribution in [0.15, 0.2) is 206 Å². The number of rotatable bonds is 4. The summed E-state index contributed by atoms with van der Waals surface area (Å²) in [6.07, 6.45) is 0. The lowest BCUT2D eigenvalue weighted by Gasteiger charge is -2.24. The maximum atomic E-state index is 2.55. The molecule has 1 aliphatic carbocycles. The topological polar surface area (TPSA) is 0 Å². The van der Waals surface area contributed by atoms with Gasteiger partial charge in [-0.3, -0.25) is 0 Å². The van der Waals surface area contributed by atoms with Gasteiger partial charge < -0.3 is 0 Å². The van der Waals surface area contributed by atoms with Gasteiger partial charge in [0.25, 0.3) is 0 Å². The second kappa shape index (κ2) is 12.9. The Bertz CT molecular complexity index is 3530. The predicted molar refractivity (Wildman–Crippen MR) is 253 cm³/mol. The molecule has 0 bridgehead atoms. The van der Waals surface area contributed by atoms with Gasteiger partial charge in [0.1, 0.15) is 0 Å². The average molecular weight is 749 g/mol. The van der Waals surface area contributed by atoms with Gasteiger partial charge in [0.15, 0.2) is 0 Å². The molecule has 0 spiro atoms. The van der Waals surface area contributed by atoms with E-state index in [1.807, 2.05) is 0 Å². The van der Waals surface area contributed by atoms with E-state index < -0.39 is 0 Å². The van der Waals surface area contributed by atoms with E-state index in [1.165, 1.54) is 121 Å². The third-order valence-electron chi connectivity index (χ3n) is 13.2. The first-order valence-electron chi connectivity index (χ1n) is 20.7. The molecule has 0 fully saturated rings. The van der Waals surface area contributed by atoms with Crippen molar-refractivity contribution in [3.05, 3.63) is 217 Å². The summed E-state index contributed by atoms with van der Waals surface area (Å²) >= 11 is 0. The second-order valence-electron chi connectivity index (χ2n) is 16.9. The van der Waals surface area contributed by atoms with Crippen LogP contribution in [-0.4, -0.2) is 0 Å². The van der Waals surface area contributed by atoms with Crippen LogP contribution >= 0.6 is 0 Å². The zero-order valence-corrected chi connectivity index (χ0v) is 33.1. The zero-order chi connectivity index (χ0) is 39.2. The Morgan fingerprint density at radius 1 is 0.254 bits per heavy atom. The molecule has 0 heterocycles. The molecular weight excluding hydrogens is 709 g/mol. The SMILES string of the molecule is CC1(C)c2cc(-c3cccc(-c4ccc5ccccc5c4)c3)ccc2-c2cc3c(-c4ccc5ccccc5c4)c4ccccc4c(-c4ccc5ccccc5c4)c3cc21. The Kier molecular flexibility index (Phi) is 7.38. The molecule has 0 atom stereocenters. The van der Waals surface area contributed by atoms with Gasteiger partial charge in [-0.05, 0) is 163 Å². The second-order valence-corrected chi connectivity index (χ2v) is 16.9. The quantitative estimate of drug-likeness (QED) is 0.157. The Hall–Kier alpha value is -7.28. The van der Waals surface area contributed by atoms with E-state index in [9.17, 15) is 0 Å². The first kappa shape index (κ1) is 33.8. The number of fused-ring (bicyclic) bond motifs is 8. The molecule has 12 rings (SSSR count). The molecular formula is C59H40. The van der Waals surface area contributed by atoms with Gasteiger partial charge in [-0.15, -0.1) is 0 Å². The lowest BCUT2D eigenvalue weighted by Crippen LogP contribution is -2.15. The zero-order valence-electron chi connectivity index (χ0n) is 33.1. The molecule has 0 nitrogen and oxygen atoms in total. The van der Waals surface area contributed by atoms with Gasteiger partial charge in [0.05, 0.1) is 0 Å². The van der Waals surface area contributed by atoms with E-state index in [1.54, 1.807) is 0 Å². The van der Waals surface area contributed by atoms with Crippen LogP contribution in [-0.2, 0) is 5.41 Å². The molecule has 0 heteroatoms. The fourth-order valence-electron chi connectivity index (χ4n) is 10.1. The minimum Gasteiger partial charge on any atom is -0.0616 e. The number of hydrogen-bond acceptors (Lipinski definition) is 0. The molecule has 0 N–H and O–H groups in total. The minimum absolute atomic E-state index is 0.208. The Labute approximate surface area is 344 Å². The molecule has 59 heavy (non-hydrogen) atoms. The largest absolute Gasteiger partial charge is 0.0616 e.